The number of hydrogen-bond donors (Lipinski definition) is 1. The molecular weight excluding hydrogens is 147 g/mol. The van der Waals surface area contributed by atoms with Crippen LogP contribution in [0, 0.1) is 0 Å². The van der Waals surface area contributed by atoms with Gasteiger partial charge in [-0.2, -0.15) is 0 Å². The van der Waals surface area contributed by atoms with E-state index in [1.165, 1.54) is 0 Å². The van der Waals surface area contributed by atoms with Crippen molar-refractivity contribution in [3.05, 3.63) is 0 Å². The number of carbonyl (C=O) groups excluding carboxylic acids is 2. The summed E-state index contributed by atoms with van der Waals surface area (Å²) in [7, 11) is -3.23. The van der Waals surface area contributed by atoms with Crippen LogP contribution in [0.5, 0.6) is 0 Å². The van der Waals surface area contributed by atoms with E-state index in [-0.39, 0.29) is 6.29 Å². The molecule has 0 aliphatic rings. The molecule has 0 heterocycles. The SMILES string of the molecule is O=CC(=O)C(O)P(=O)=O. The van der Waals surface area contributed by atoms with E-state index in [1.807, 2.05) is 0 Å². The average Bonchev–Trinajstić information content (AvgIpc) is 1.84. The van der Waals surface area contributed by atoms with Crippen LogP contribution < -0.4 is 0 Å². The Labute approximate surface area is 50.5 Å². The molecule has 0 fully saturated rings. The Morgan fingerprint density at radius 3 is 2.11 bits per heavy atom. The number of aldehydes is 1. The van der Waals surface area contributed by atoms with Gasteiger partial charge in [-0.05, 0) is 0 Å². The van der Waals surface area contributed by atoms with Crippen LogP contribution in [0.15, 0.2) is 0 Å². The molecule has 0 saturated carbocycles. The number of rotatable bonds is 3. The van der Waals surface area contributed by atoms with Gasteiger partial charge in [0.1, 0.15) is 0 Å². The van der Waals surface area contributed by atoms with Gasteiger partial charge in [-0.25, -0.2) is 9.13 Å². The van der Waals surface area contributed by atoms with E-state index in [4.69, 9.17) is 5.11 Å². The van der Waals surface area contributed by atoms with Crippen LogP contribution in [-0.2, 0) is 18.7 Å². The van der Waals surface area contributed by atoms with Crippen LogP contribution >= 0.6 is 7.68 Å². The smallest absolute Gasteiger partial charge is 0.353 e. The summed E-state index contributed by atoms with van der Waals surface area (Å²) in [4.78, 5) is 19.4. The van der Waals surface area contributed by atoms with Gasteiger partial charge in [0, 0.05) is 0 Å². The fourth-order valence-electron chi connectivity index (χ4n) is 0.165. The van der Waals surface area contributed by atoms with E-state index < -0.39 is 19.3 Å². The number of Topliss-reactive ketones (excluding diaryl/α,β-unsaturated/α-hetero) is 1. The van der Waals surface area contributed by atoms with Crippen molar-refractivity contribution >= 4 is 19.7 Å². The molecule has 0 saturated heterocycles. The van der Waals surface area contributed by atoms with Crippen LogP contribution in [0.25, 0.3) is 0 Å². The Morgan fingerprint density at radius 1 is 1.56 bits per heavy atom. The lowest BCUT2D eigenvalue weighted by atomic mass is 10.5. The van der Waals surface area contributed by atoms with Gasteiger partial charge in [-0.15, -0.1) is 0 Å². The molecule has 0 bridgehead atoms. The molecule has 0 spiro atoms. The molecule has 0 aromatic heterocycles. The number of hydrogen-bond acceptors (Lipinski definition) is 5. The van der Waals surface area contributed by atoms with Gasteiger partial charge in [0.05, 0.1) is 0 Å². The summed E-state index contributed by atoms with van der Waals surface area (Å²) in [5.41, 5.74) is 0. The summed E-state index contributed by atoms with van der Waals surface area (Å²) in [6.07, 6.45) is -0.240. The van der Waals surface area contributed by atoms with Gasteiger partial charge < -0.3 is 5.11 Å². The molecule has 5 nitrogen and oxygen atoms in total. The Balaban J connectivity index is 4.20. The third-order valence-electron chi connectivity index (χ3n) is 0.570. The van der Waals surface area contributed by atoms with E-state index in [9.17, 15) is 18.7 Å². The number of aliphatic hydroxyl groups is 1. The lowest BCUT2D eigenvalue weighted by Gasteiger charge is -1.87. The van der Waals surface area contributed by atoms with E-state index in [0.29, 0.717) is 0 Å². The van der Waals surface area contributed by atoms with Crippen molar-refractivity contribution in [2.75, 3.05) is 0 Å². The van der Waals surface area contributed by atoms with Crippen molar-refractivity contribution in [3.8, 4) is 0 Å². The van der Waals surface area contributed by atoms with Gasteiger partial charge in [0.2, 0.25) is 11.6 Å². The molecule has 0 aliphatic heterocycles. The zero-order valence-electron chi connectivity index (χ0n) is 4.18. The maximum absolute atomic E-state index is 9.95. The highest BCUT2D eigenvalue weighted by atomic mass is 31.1. The second kappa shape index (κ2) is 3.27. The molecule has 9 heavy (non-hydrogen) atoms. The predicted octanol–water partition coefficient (Wildman–Crippen LogP) is -0.754. The molecule has 1 atom stereocenters. The molecule has 0 aromatic rings. The lowest BCUT2D eigenvalue weighted by Crippen LogP contribution is -2.14. The highest BCUT2D eigenvalue weighted by molar-refractivity contribution is 7.33. The highest BCUT2D eigenvalue weighted by Gasteiger charge is 2.18. The number of ketones is 1. The van der Waals surface area contributed by atoms with Crippen LogP contribution in [0.1, 0.15) is 0 Å². The molecule has 0 aromatic carbocycles. The van der Waals surface area contributed by atoms with Crippen molar-refractivity contribution in [3.63, 3.8) is 0 Å². The summed E-state index contributed by atoms with van der Waals surface area (Å²) >= 11 is 0. The first-order valence-electron chi connectivity index (χ1n) is 1.90. The van der Waals surface area contributed by atoms with Crippen LogP contribution in [0.3, 0.4) is 0 Å². The molecule has 1 N–H and O–H groups in total. The third kappa shape index (κ3) is 2.30. The van der Waals surface area contributed by atoms with Crippen molar-refractivity contribution in [2.24, 2.45) is 0 Å². The zero-order valence-corrected chi connectivity index (χ0v) is 5.08. The quantitative estimate of drug-likeness (QED) is 0.324. The van der Waals surface area contributed by atoms with E-state index in [1.54, 1.807) is 0 Å². The fourth-order valence-corrected chi connectivity index (χ4v) is 0.433. The standard InChI is InChI=1S/C3H3O5P/c4-1-2(5)3(6)9(7)8/h1,3,6H. The van der Waals surface area contributed by atoms with Crippen LogP contribution in [0.4, 0.5) is 0 Å². The molecule has 0 rings (SSSR count). The molecule has 50 valence electrons. The minimum Gasteiger partial charge on any atom is -0.371 e. The van der Waals surface area contributed by atoms with Crippen molar-refractivity contribution in [1.29, 1.82) is 0 Å². The van der Waals surface area contributed by atoms with Crippen molar-refractivity contribution < 1.29 is 23.8 Å². The predicted molar refractivity (Wildman–Crippen MR) is 25.4 cm³/mol. The van der Waals surface area contributed by atoms with E-state index in [2.05, 4.69) is 0 Å². The minimum absolute atomic E-state index is 0.240. The molecule has 0 amide bonds. The third-order valence-corrected chi connectivity index (χ3v) is 1.22. The Bertz CT molecular complexity index is 184. The normalized spacial score (nSPS) is 12.1. The van der Waals surface area contributed by atoms with Crippen LogP contribution in [0.2, 0.25) is 0 Å². The Morgan fingerprint density at radius 2 is 2.00 bits per heavy atom. The molecule has 0 aliphatic carbocycles. The van der Waals surface area contributed by atoms with Gasteiger partial charge in [-0.3, -0.25) is 9.59 Å². The zero-order chi connectivity index (χ0) is 7.44. The summed E-state index contributed by atoms with van der Waals surface area (Å²) in [6.45, 7) is 0. The number of carbonyl (C=O) groups is 2. The van der Waals surface area contributed by atoms with Gasteiger partial charge in [-0.1, -0.05) is 0 Å². The Hall–Kier alpha value is -0.800. The second-order valence-electron chi connectivity index (χ2n) is 1.18. The van der Waals surface area contributed by atoms with Gasteiger partial charge in [0.25, 0.3) is 0 Å². The van der Waals surface area contributed by atoms with Gasteiger partial charge >= 0.3 is 7.68 Å². The molecule has 6 heteroatoms. The maximum atomic E-state index is 9.95. The summed E-state index contributed by atoms with van der Waals surface area (Å²) in [6, 6.07) is 0. The lowest BCUT2D eigenvalue weighted by molar-refractivity contribution is -0.132. The van der Waals surface area contributed by atoms with E-state index in [0.717, 1.165) is 0 Å². The second-order valence-corrected chi connectivity index (χ2v) is 2.24. The summed E-state index contributed by atoms with van der Waals surface area (Å²) in [5.74, 6) is -3.51. The maximum Gasteiger partial charge on any atom is 0.353 e. The summed E-state index contributed by atoms with van der Waals surface area (Å²) in [5, 5.41) is 8.22. The minimum atomic E-state index is -3.23. The first-order valence-corrected chi connectivity index (χ1v) is 3.15. The first-order chi connectivity index (χ1) is 4.09. The number of aliphatic hydroxyl groups excluding tert-OH is 1. The molecule has 1 unspecified atom stereocenters. The monoisotopic (exact) mass is 150 g/mol. The van der Waals surface area contributed by atoms with Crippen LogP contribution in [-0.4, -0.2) is 23.0 Å². The van der Waals surface area contributed by atoms with Gasteiger partial charge in [0.15, 0.2) is 6.29 Å². The topological polar surface area (TPSA) is 88.5 Å². The average molecular weight is 150 g/mol. The largest absolute Gasteiger partial charge is 0.371 e. The molecule has 0 radical (unpaired) electrons. The Kier molecular flexibility index (Phi) is 2.98. The van der Waals surface area contributed by atoms with E-state index >= 15 is 0 Å². The van der Waals surface area contributed by atoms with Crippen molar-refractivity contribution in [1.82, 2.24) is 0 Å². The summed E-state index contributed by atoms with van der Waals surface area (Å²) < 4.78 is 19.4. The molecular formula is C3H3O5P. The highest BCUT2D eigenvalue weighted by Crippen LogP contribution is 2.10. The first kappa shape index (κ1) is 8.20. The van der Waals surface area contributed by atoms with Crippen molar-refractivity contribution in [2.45, 2.75) is 5.85 Å². The fraction of sp³-hybridized carbons (Fsp3) is 0.333.